The Hall–Kier alpha value is -0.940. The molecule has 4 heteroatoms. The van der Waals surface area contributed by atoms with E-state index >= 15 is 0 Å². The number of rotatable bonds is 4. The van der Waals surface area contributed by atoms with Crippen molar-refractivity contribution in [3.05, 3.63) is 35.9 Å². The molecule has 2 aliphatic heterocycles. The summed E-state index contributed by atoms with van der Waals surface area (Å²) in [4.78, 5) is 0. The number of ether oxygens (including phenoxy) is 4. The summed E-state index contributed by atoms with van der Waals surface area (Å²) in [5, 5.41) is 0. The van der Waals surface area contributed by atoms with Gasteiger partial charge >= 0.3 is 0 Å². The third-order valence-electron chi connectivity index (χ3n) is 3.46. The normalized spacial score (nSPS) is 38.2. The Balaban J connectivity index is 1.53. The molecule has 1 aromatic carbocycles. The smallest absolute Gasteiger partial charge is 0.281 e. The summed E-state index contributed by atoms with van der Waals surface area (Å²) < 4.78 is 22.6. The Kier molecular flexibility index (Phi) is 2.90. The lowest BCUT2D eigenvalue weighted by Gasteiger charge is -2.28. The molecule has 2 bridgehead atoms. The van der Waals surface area contributed by atoms with Crippen LogP contribution in [0.1, 0.15) is 19.4 Å². The second-order valence-electron chi connectivity index (χ2n) is 5.17. The van der Waals surface area contributed by atoms with Crippen molar-refractivity contribution in [1.82, 2.24) is 0 Å². The summed E-state index contributed by atoms with van der Waals surface area (Å²) >= 11 is 0. The molecule has 4 nitrogen and oxygen atoms in total. The summed E-state index contributed by atoms with van der Waals surface area (Å²) in [6.45, 7) is 5.47. The maximum Gasteiger partial charge on any atom is 0.281 e. The molecule has 2 saturated heterocycles. The maximum atomic E-state index is 5.74. The van der Waals surface area contributed by atoms with Gasteiger partial charge in [-0.3, -0.25) is 0 Å². The molecule has 0 aliphatic carbocycles. The van der Waals surface area contributed by atoms with Gasteiger partial charge in [0.15, 0.2) is 0 Å². The average molecular weight is 252 g/mol. The van der Waals surface area contributed by atoms with E-state index in [-0.39, 0.29) is 11.7 Å². The van der Waals surface area contributed by atoms with Crippen molar-refractivity contribution in [2.75, 3.05) is 13.2 Å². The molecule has 3 rings (SSSR count). The Morgan fingerprint density at radius 3 is 2.72 bits per heavy atom. The van der Waals surface area contributed by atoms with Crippen LogP contribution in [-0.2, 0) is 25.6 Å². The summed E-state index contributed by atoms with van der Waals surface area (Å²) in [6, 6.07) is 10.1. The molecule has 0 amide bonds. The van der Waals surface area contributed by atoms with E-state index in [0.717, 1.165) is 5.56 Å². The Bertz CT molecular complexity index is 421. The molecule has 2 aliphatic rings. The van der Waals surface area contributed by atoms with E-state index in [1.165, 1.54) is 0 Å². The van der Waals surface area contributed by atoms with Crippen LogP contribution in [0.4, 0.5) is 0 Å². The van der Waals surface area contributed by atoms with Crippen molar-refractivity contribution < 1.29 is 18.9 Å². The predicted molar refractivity (Wildman–Crippen MR) is 64.8 cm³/mol. The Labute approximate surface area is 107 Å². The monoisotopic (exact) mass is 252 g/mol. The zero-order chi connectivity index (χ0) is 12.6. The van der Waals surface area contributed by atoms with E-state index in [4.69, 9.17) is 18.9 Å². The van der Waals surface area contributed by atoms with Gasteiger partial charge in [0.2, 0.25) is 0 Å². The SMILES string of the molecule is C[C@]12OC[C@](C)([18O]1)[C@@H](COCc1ccccc1)O2. The van der Waals surface area contributed by atoms with Crippen molar-refractivity contribution >= 4 is 0 Å². The van der Waals surface area contributed by atoms with Crippen LogP contribution in [0.2, 0.25) is 0 Å². The van der Waals surface area contributed by atoms with Crippen molar-refractivity contribution in [2.45, 2.75) is 38.1 Å². The lowest BCUT2D eigenvalue weighted by Crippen LogP contribution is -2.44. The molecule has 0 saturated carbocycles. The average Bonchev–Trinajstić information content (AvgIpc) is 2.79. The van der Waals surface area contributed by atoms with Crippen molar-refractivity contribution in [3.63, 3.8) is 0 Å². The molecule has 0 radical (unpaired) electrons. The Morgan fingerprint density at radius 1 is 1.33 bits per heavy atom. The highest BCUT2D eigenvalue weighted by Gasteiger charge is 2.59. The van der Waals surface area contributed by atoms with E-state index in [0.29, 0.717) is 19.8 Å². The first-order chi connectivity index (χ1) is 8.60. The molecule has 98 valence electrons. The van der Waals surface area contributed by atoms with E-state index in [1.54, 1.807) is 6.92 Å². The van der Waals surface area contributed by atoms with Crippen LogP contribution in [-0.4, -0.2) is 30.9 Å². The lowest BCUT2D eigenvalue weighted by atomic mass is 10.0. The molecule has 18 heavy (non-hydrogen) atoms. The summed E-state index contributed by atoms with van der Waals surface area (Å²) in [7, 11) is 0. The first-order valence-electron chi connectivity index (χ1n) is 6.23. The van der Waals surface area contributed by atoms with Gasteiger partial charge in [0.05, 0.1) is 19.8 Å². The highest BCUT2D eigenvalue weighted by Crippen LogP contribution is 2.44. The highest BCUT2D eigenvalue weighted by molar-refractivity contribution is 5.13. The predicted octanol–water partition coefficient (Wildman–Crippen LogP) is 2.08. The molecule has 1 aromatic rings. The third-order valence-corrected chi connectivity index (χ3v) is 3.46. The minimum atomic E-state index is -0.879. The van der Waals surface area contributed by atoms with Crippen LogP contribution in [0.25, 0.3) is 0 Å². The van der Waals surface area contributed by atoms with Gasteiger partial charge in [-0.15, -0.1) is 0 Å². The fourth-order valence-corrected chi connectivity index (χ4v) is 2.43. The third kappa shape index (κ3) is 2.17. The molecule has 0 N–H and O–H groups in total. The van der Waals surface area contributed by atoms with Crippen molar-refractivity contribution in [3.8, 4) is 0 Å². The lowest BCUT2D eigenvalue weighted by molar-refractivity contribution is -0.299. The van der Waals surface area contributed by atoms with E-state index in [9.17, 15) is 0 Å². The first-order valence-corrected chi connectivity index (χ1v) is 6.23. The van der Waals surface area contributed by atoms with Gasteiger partial charge in [0.25, 0.3) is 5.97 Å². The highest BCUT2D eigenvalue weighted by atomic mass is 18.4. The number of fused-ring (bicyclic) bond motifs is 2. The number of hydrogen-bond acceptors (Lipinski definition) is 4. The summed E-state index contributed by atoms with van der Waals surface area (Å²) in [6.07, 6.45) is -0.0695. The minimum absolute atomic E-state index is 0.0695. The van der Waals surface area contributed by atoms with E-state index < -0.39 is 5.97 Å². The fraction of sp³-hybridized carbons (Fsp3) is 0.571. The van der Waals surface area contributed by atoms with Gasteiger partial charge in [-0.25, -0.2) is 0 Å². The van der Waals surface area contributed by atoms with E-state index in [1.807, 2.05) is 37.3 Å². The molecular formula is C14H18O4. The quantitative estimate of drug-likeness (QED) is 0.769. The van der Waals surface area contributed by atoms with Crippen LogP contribution in [0.3, 0.4) is 0 Å². The van der Waals surface area contributed by atoms with Crippen molar-refractivity contribution in [1.29, 1.82) is 0 Å². The summed E-state index contributed by atoms with van der Waals surface area (Å²) in [5.41, 5.74) is 0.778. The molecule has 0 aromatic heterocycles. The Morgan fingerprint density at radius 2 is 2.11 bits per heavy atom. The molecular weight excluding hydrogens is 234 g/mol. The first kappa shape index (κ1) is 12.1. The van der Waals surface area contributed by atoms with Gasteiger partial charge in [-0.1, -0.05) is 30.3 Å². The van der Waals surface area contributed by atoms with Gasteiger partial charge in [-0.05, 0) is 12.5 Å². The van der Waals surface area contributed by atoms with Gasteiger partial charge in [-0.2, -0.15) is 0 Å². The zero-order valence-corrected chi connectivity index (χ0v) is 10.7. The van der Waals surface area contributed by atoms with Crippen molar-refractivity contribution in [2.24, 2.45) is 0 Å². The zero-order valence-electron chi connectivity index (χ0n) is 10.7. The van der Waals surface area contributed by atoms with Gasteiger partial charge in [0, 0.05) is 6.92 Å². The van der Waals surface area contributed by atoms with Crippen LogP contribution >= 0.6 is 0 Å². The molecule has 0 unspecified atom stereocenters. The van der Waals surface area contributed by atoms with Gasteiger partial charge < -0.3 is 18.9 Å². The standard InChI is InChI=1S/C14H18O4/c1-13-10-16-14(2,18-13)17-12(13)9-15-8-11-6-4-3-5-7-11/h3-7,12H,8-10H2,1-2H3/t12-,13+,14-/m1/s1/i18+2. The summed E-state index contributed by atoms with van der Waals surface area (Å²) in [5.74, 6) is -0.879. The second-order valence-corrected chi connectivity index (χ2v) is 5.17. The minimum Gasteiger partial charge on any atom is -0.374 e. The maximum absolute atomic E-state index is 5.74. The van der Waals surface area contributed by atoms with Crippen LogP contribution in [0.15, 0.2) is 30.3 Å². The topological polar surface area (TPSA) is 36.9 Å². The molecule has 2 fully saturated rings. The van der Waals surface area contributed by atoms with E-state index in [2.05, 4.69) is 0 Å². The van der Waals surface area contributed by atoms with Crippen LogP contribution < -0.4 is 0 Å². The second kappa shape index (κ2) is 4.31. The van der Waals surface area contributed by atoms with Crippen LogP contribution in [0, 0.1) is 0 Å². The molecule has 0 spiro atoms. The number of hydrogen-bond donors (Lipinski definition) is 0. The largest absolute Gasteiger partial charge is 0.374 e. The van der Waals surface area contributed by atoms with Gasteiger partial charge in [0.1, 0.15) is 11.7 Å². The number of benzene rings is 1. The fourth-order valence-electron chi connectivity index (χ4n) is 2.43. The molecule has 2 heterocycles. The molecule has 3 atom stereocenters. The van der Waals surface area contributed by atoms with Crippen LogP contribution in [0.5, 0.6) is 0 Å².